The van der Waals surface area contributed by atoms with Gasteiger partial charge in [0, 0.05) is 13.1 Å². The normalized spacial score (nSPS) is 16.7. The number of nitrogens with two attached hydrogens (primary N) is 1. The summed E-state index contributed by atoms with van der Waals surface area (Å²) < 4.78 is 6.86. The molecule has 0 atom stereocenters. The van der Waals surface area contributed by atoms with E-state index in [0.717, 1.165) is 13.1 Å². The summed E-state index contributed by atoms with van der Waals surface area (Å²) in [6.07, 6.45) is 0. The summed E-state index contributed by atoms with van der Waals surface area (Å²) in [5.41, 5.74) is 5.64. The highest BCUT2D eigenvalue weighted by Crippen LogP contribution is 2.13. The van der Waals surface area contributed by atoms with Crippen LogP contribution < -0.4 is 10.6 Å². The third-order valence-electron chi connectivity index (χ3n) is 2.10. The van der Waals surface area contributed by atoms with Crippen LogP contribution in [-0.2, 0) is 4.74 Å². The van der Waals surface area contributed by atoms with Crippen LogP contribution >= 0.6 is 24.8 Å². The average molecular weight is 245 g/mol. The number of ether oxygens (including phenoxy) is 1. The molecule has 0 saturated carbocycles. The first-order chi connectivity index (χ1) is 7.18. The molecule has 0 spiro atoms. The van der Waals surface area contributed by atoms with Crippen LogP contribution in [0.4, 0.5) is 11.9 Å². The van der Waals surface area contributed by atoms with E-state index < -0.39 is 0 Å². The first-order valence-electron chi connectivity index (χ1n) is 4.47. The fourth-order valence-corrected chi connectivity index (χ4v) is 1.63. The highest BCUT2D eigenvalue weighted by Gasteiger charge is 2.17. The molecule has 2 rings (SSSR count). The minimum absolute atomic E-state index is 0.261. The summed E-state index contributed by atoms with van der Waals surface area (Å²) in [4.78, 5) is 6.12. The van der Waals surface area contributed by atoms with E-state index in [1.165, 1.54) is 4.68 Å². The first kappa shape index (κ1) is 10.7. The van der Waals surface area contributed by atoms with E-state index in [2.05, 4.69) is 22.7 Å². The lowest BCUT2D eigenvalue weighted by Gasteiger charge is -2.25. The number of nitrogens with zero attached hydrogens (tertiary/aromatic N) is 4. The van der Waals surface area contributed by atoms with Gasteiger partial charge in [0.1, 0.15) is 0 Å². The Morgan fingerprint density at radius 1 is 1.47 bits per heavy atom. The molecule has 8 heteroatoms. The molecule has 82 valence electrons. The molecule has 1 aromatic rings. The highest BCUT2D eigenvalue weighted by molar-refractivity contribution is 8.11. The largest absolute Gasteiger partial charge is 0.378 e. The quantitative estimate of drug-likeness (QED) is 0.526. The molecule has 0 aromatic carbocycles. The number of morpholine rings is 1. The second-order valence-electron chi connectivity index (χ2n) is 3.06. The molecule has 0 bridgehead atoms. The average Bonchev–Trinajstić information content (AvgIpc) is 2.62. The number of thiol groups is 1. The molecule has 1 aromatic heterocycles. The molecule has 6 nitrogen and oxygen atoms in total. The van der Waals surface area contributed by atoms with E-state index in [4.69, 9.17) is 22.7 Å². The van der Waals surface area contributed by atoms with Crippen LogP contribution in [-0.4, -0.2) is 45.4 Å². The molecular formula is C7H11N5OS2. The maximum absolute atomic E-state index is 5.64. The monoisotopic (exact) mass is 245 g/mol. The van der Waals surface area contributed by atoms with Gasteiger partial charge in [-0.05, 0) is 0 Å². The lowest BCUT2D eigenvalue weighted by Crippen LogP contribution is -2.37. The zero-order chi connectivity index (χ0) is 10.8. The van der Waals surface area contributed by atoms with Crippen molar-refractivity contribution >= 4 is 41.1 Å². The standard InChI is InChI=1S/C7H11N5OS2/c8-5-9-6(10-12(5)7(14)15)11-1-3-13-4-2-11/h1-4H2,(H,14,15)(H2,8,9,10). The van der Waals surface area contributed by atoms with E-state index in [9.17, 15) is 0 Å². The summed E-state index contributed by atoms with van der Waals surface area (Å²) in [5.74, 6) is 0.837. The van der Waals surface area contributed by atoms with Gasteiger partial charge in [0.05, 0.1) is 13.2 Å². The van der Waals surface area contributed by atoms with Gasteiger partial charge < -0.3 is 15.4 Å². The fourth-order valence-electron chi connectivity index (χ4n) is 1.35. The van der Waals surface area contributed by atoms with Crippen molar-refractivity contribution in [2.45, 2.75) is 0 Å². The van der Waals surface area contributed by atoms with Crippen LogP contribution in [0.1, 0.15) is 0 Å². The van der Waals surface area contributed by atoms with Crippen molar-refractivity contribution in [2.24, 2.45) is 0 Å². The van der Waals surface area contributed by atoms with Gasteiger partial charge >= 0.3 is 0 Å². The molecule has 2 N–H and O–H groups in total. The number of rotatable bonds is 1. The minimum Gasteiger partial charge on any atom is -0.378 e. The Morgan fingerprint density at radius 2 is 2.13 bits per heavy atom. The topological polar surface area (TPSA) is 69.2 Å². The third kappa shape index (κ3) is 2.21. The third-order valence-corrected chi connectivity index (χ3v) is 2.46. The first-order valence-corrected chi connectivity index (χ1v) is 5.32. The van der Waals surface area contributed by atoms with Gasteiger partial charge in [0.25, 0.3) is 0 Å². The van der Waals surface area contributed by atoms with Gasteiger partial charge in [-0.25, -0.2) is 0 Å². The Morgan fingerprint density at radius 3 is 2.67 bits per heavy atom. The number of hydrogen-bond acceptors (Lipinski definition) is 6. The van der Waals surface area contributed by atoms with Crippen molar-refractivity contribution in [1.82, 2.24) is 14.8 Å². The van der Waals surface area contributed by atoms with Crippen LogP contribution in [0, 0.1) is 0 Å². The molecule has 0 radical (unpaired) electrons. The summed E-state index contributed by atoms with van der Waals surface area (Å²) in [6.45, 7) is 2.89. The maximum Gasteiger partial charge on any atom is 0.247 e. The predicted molar refractivity (Wildman–Crippen MR) is 64.4 cm³/mol. The smallest absolute Gasteiger partial charge is 0.247 e. The molecule has 1 fully saturated rings. The van der Waals surface area contributed by atoms with Gasteiger partial charge in [-0.3, -0.25) is 0 Å². The van der Waals surface area contributed by atoms with Gasteiger partial charge in [-0.1, -0.05) is 12.2 Å². The van der Waals surface area contributed by atoms with Crippen LogP contribution in [0.3, 0.4) is 0 Å². The lowest BCUT2D eigenvalue weighted by atomic mass is 10.4. The summed E-state index contributed by atoms with van der Waals surface area (Å²) in [7, 11) is 0. The molecule has 1 aliphatic heterocycles. The molecule has 1 saturated heterocycles. The number of anilines is 2. The van der Waals surface area contributed by atoms with Gasteiger partial charge in [-0.2, -0.15) is 9.67 Å². The summed E-state index contributed by atoms with van der Waals surface area (Å²) >= 11 is 8.87. The van der Waals surface area contributed by atoms with Crippen molar-refractivity contribution in [3.8, 4) is 0 Å². The van der Waals surface area contributed by atoms with E-state index in [1.807, 2.05) is 4.90 Å². The molecule has 15 heavy (non-hydrogen) atoms. The summed E-state index contributed by atoms with van der Waals surface area (Å²) in [5, 5.41) is 4.17. The molecular weight excluding hydrogens is 234 g/mol. The zero-order valence-corrected chi connectivity index (χ0v) is 9.67. The van der Waals surface area contributed by atoms with Crippen LogP contribution in [0.2, 0.25) is 0 Å². The Labute approximate surface area is 97.8 Å². The van der Waals surface area contributed by atoms with Crippen molar-refractivity contribution in [3.63, 3.8) is 0 Å². The predicted octanol–water partition coefficient (Wildman–Crippen LogP) is -0.240. The summed E-state index contributed by atoms with van der Waals surface area (Å²) in [6, 6.07) is 0. The number of aromatic nitrogens is 3. The van der Waals surface area contributed by atoms with Crippen molar-refractivity contribution in [2.75, 3.05) is 36.9 Å². The van der Waals surface area contributed by atoms with E-state index in [1.54, 1.807) is 0 Å². The Bertz CT molecular complexity index is 373. The van der Waals surface area contributed by atoms with Crippen molar-refractivity contribution < 1.29 is 4.74 Å². The highest BCUT2D eigenvalue weighted by atomic mass is 32.1. The van der Waals surface area contributed by atoms with Gasteiger partial charge in [0.15, 0.2) is 4.32 Å². The van der Waals surface area contributed by atoms with E-state index in [-0.39, 0.29) is 5.95 Å². The van der Waals surface area contributed by atoms with Crippen molar-refractivity contribution in [3.05, 3.63) is 0 Å². The zero-order valence-electron chi connectivity index (χ0n) is 7.96. The molecule has 0 aliphatic carbocycles. The maximum atomic E-state index is 5.64. The van der Waals surface area contributed by atoms with Crippen LogP contribution in [0.5, 0.6) is 0 Å². The lowest BCUT2D eigenvalue weighted by molar-refractivity contribution is 0.122. The van der Waals surface area contributed by atoms with Crippen LogP contribution in [0.25, 0.3) is 0 Å². The van der Waals surface area contributed by atoms with Gasteiger partial charge in [-0.15, -0.1) is 17.7 Å². The number of nitrogen functional groups attached to an aromatic ring is 1. The molecule has 2 heterocycles. The Hall–Kier alpha value is -0.860. The number of hydrogen-bond donors (Lipinski definition) is 2. The van der Waals surface area contributed by atoms with Gasteiger partial charge in [0.2, 0.25) is 11.9 Å². The van der Waals surface area contributed by atoms with Crippen LogP contribution in [0.15, 0.2) is 0 Å². The number of thiocarbonyl (C=S) groups is 1. The second-order valence-corrected chi connectivity index (χ2v) is 4.18. The van der Waals surface area contributed by atoms with E-state index >= 15 is 0 Å². The Kier molecular flexibility index (Phi) is 3.08. The second kappa shape index (κ2) is 4.33. The molecule has 0 unspecified atom stereocenters. The SMILES string of the molecule is Nc1nc(N2CCOCC2)nn1C(=S)S. The minimum atomic E-state index is 0.261. The molecule has 1 aliphatic rings. The van der Waals surface area contributed by atoms with Crippen molar-refractivity contribution in [1.29, 1.82) is 0 Å². The Balaban J connectivity index is 2.21. The van der Waals surface area contributed by atoms with E-state index in [0.29, 0.717) is 23.5 Å². The fraction of sp³-hybridized carbons (Fsp3) is 0.571. The molecule has 0 amide bonds.